The van der Waals surface area contributed by atoms with Gasteiger partial charge in [0, 0.05) is 38.3 Å². The van der Waals surface area contributed by atoms with Gasteiger partial charge in [-0.25, -0.2) is 4.79 Å². The molecule has 0 radical (unpaired) electrons. The number of carbonyl (C=O) groups excluding carboxylic acids is 1. The summed E-state index contributed by atoms with van der Waals surface area (Å²) in [6.07, 6.45) is 0.154. The second-order valence-electron chi connectivity index (χ2n) is 11.7. The molecule has 1 amide bonds. The van der Waals surface area contributed by atoms with E-state index in [9.17, 15) is 10.1 Å². The van der Waals surface area contributed by atoms with Crippen molar-refractivity contribution >= 4 is 11.8 Å². The predicted octanol–water partition coefficient (Wildman–Crippen LogP) is 5.69. The molecule has 7 heteroatoms. The molecule has 198 valence electrons. The van der Waals surface area contributed by atoms with Crippen LogP contribution in [0.1, 0.15) is 63.6 Å². The number of anilines is 1. The molecule has 0 aliphatic carbocycles. The lowest BCUT2D eigenvalue weighted by molar-refractivity contribution is -0.254. The molecule has 0 unspecified atom stereocenters. The van der Waals surface area contributed by atoms with Crippen molar-refractivity contribution in [3.63, 3.8) is 0 Å². The molecule has 2 aromatic rings. The number of amides is 1. The molecule has 0 N–H and O–H groups in total. The molecule has 4 rings (SSSR count). The Morgan fingerprint density at radius 1 is 1.11 bits per heavy atom. The van der Waals surface area contributed by atoms with Gasteiger partial charge < -0.3 is 24.0 Å². The van der Waals surface area contributed by atoms with Crippen molar-refractivity contribution in [2.75, 3.05) is 37.7 Å². The van der Waals surface area contributed by atoms with Gasteiger partial charge in [0.2, 0.25) is 0 Å². The largest absolute Gasteiger partial charge is 0.444 e. The quantitative estimate of drug-likeness (QED) is 0.481. The Hall–Kier alpha value is -3.08. The van der Waals surface area contributed by atoms with Gasteiger partial charge in [0.25, 0.3) is 0 Å². The van der Waals surface area contributed by atoms with Crippen LogP contribution in [0, 0.1) is 16.7 Å². The van der Waals surface area contributed by atoms with E-state index < -0.39 is 5.60 Å². The number of hydrogen-bond donors (Lipinski definition) is 0. The van der Waals surface area contributed by atoms with Crippen LogP contribution in [0.4, 0.5) is 10.5 Å². The number of nitriles is 1. The van der Waals surface area contributed by atoms with Crippen LogP contribution in [-0.2, 0) is 20.8 Å². The van der Waals surface area contributed by atoms with Crippen LogP contribution in [-0.4, -0.2) is 55.7 Å². The zero-order valence-corrected chi connectivity index (χ0v) is 22.7. The van der Waals surface area contributed by atoms with E-state index >= 15 is 0 Å². The molecule has 2 heterocycles. The lowest BCUT2D eigenvalue weighted by atomic mass is 9.81. The first-order valence-electron chi connectivity index (χ1n) is 13.1. The smallest absolute Gasteiger partial charge is 0.410 e. The molecule has 0 bridgehead atoms. The number of likely N-dealkylation sites (tertiary alicyclic amines) is 1. The highest BCUT2D eigenvalue weighted by Crippen LogP contribution is 2.36. The van der Waals surface area contributed by atoms with Crippen molar-refractivity contribution in [3.05, 3.63) is 65.2 Å². The third-order valence-corrected chi connectivity index (χ3v) is 6.87. The molecule has 7 nitrogen and oxygen atoms in total. The average molecular weight is 506 g/mol. The first-order chi connectivity index (χ1) is 17.6. The maximum absolute atomic E-state index is 12.3. The van der Waals surface area contributed by atoms with E-state index in [2.05, 4.69) is 49.1 Å². The molecule has 2 aliphatic heterocycles. The third kappa shape index (κ3) is 7.03. The molecule has 0 aromatic heterocycles. The Balaban J connectivity index is 1.32. The summed E-state index contributed by atoms with van der Waals surface area (Å²) < 4.78 is 17.7. The number of nitrogens with zero attached hydrogens (tertiary/aromatic N) is 3. The van der Waals surface area contributed by atoms with E-state index in [1.165, 1.54) is 11.1 Å². The van der Waals surface area contributed by atoms with Crippen LogP contribution >= 0.6 is 0 Å². The lowest BCUT2D eigenvalue weighted by Crippen LogP contribution is -2.65. The van der Waals surface area contributed by atoms with Crippen molar-refractivity contribution in [1.82, 2.24) is 4.90 Å². The Morgan fingerprint density at radius 3 is 2.27 bits per heavy atom. The van der Waals surface area contributed by atoms with Gasteiger partial charge in [-0.05, 0) is 62.1 Å². The molecular weight excluding hydrogens is 466 g/mol. The second kappa shape index (κ2) is 11.1. The molecule has 2 aromatic carbocycles. The summed E-state index contributed by atoms with van der Waals surface area (Å²) in [6, 6.07) is 18.7. The Bertz CT molecular complexity index is 1080. The summed E-state index contributed by atoms with van der Waals surface area (Å²) in [4.78, 5) is 16.3. The highest BCUT2D eigenvalue weighted by Gasteiger charge is 2.49. The fraction of sp³-hybridized carbons (Fsp3) is 0.533. The summed E-state index contributed by atoms with van der Waals surface area (Å²) in [5.74, 6) is 0.499. The van der Waals surface area contributed by atoms with Gasteiger partial charge in [0.15, 0.2) is 6.29 Å². The van der Waals surface area contributed by atoms with Crippen LogP contribution in [0.25, 0.3) is 0 Å². The second-order valence-corrected chi connectivity index (χ2v) is 11.7. The van der Waals surface area contributed by atoms with E-state index in [0.717, 1.165) is 25.2 Å². The van der Waals surface area contributed by atoms with Crippen molar-refractivity contribution in [1.29, 1.82) is 5.26 Å². The Morgan fingerprint density at radius 2 is 1.73 bits per heavy atom. The van der Waals surface area contributed by atoms with Crippen molar-refractivity contribution in [3.8, 4) is 6.07 Å². The molecular formula is C30H39N3O4. The minimum Gasteiger partial charge on any atom is -0.444 e. The van der Waals surface area contributed by atoms with Crippen LogP contribution in [0.2, 0.25) is 0 Å². The molecule has 2 aliphatic rings. The van der Waals surface area contributed by atoms with Gasteiger partial charge in [0.1, 0.15) is 5.60 Å². The van der Waals surface area contributed by atoms with Gasteiger partial charge in [0.05, 0.1) is 30.3 Å². The van der Waals surface area contributed by atoms with Crippen molar-refractivity contribution in [2.24, 2.45) is 5.41 Å². The van der Waals surface area contributed by atoms with E-state index in [1.54, 1.807) is 4.90 Å². The first-order valence-corrected chi connectivity index (χ1v) is 13.1. The molecule has 1 spiro atoms. The topological polar surface area (TPSA) is 75.0 Å². The fourth-order valence-corrected chi connectivity index (χ4v) is 4.73. The number of hydrogen-bond acceptors (Lipinski definition) is 6. The first kappa shape index (κ1) is 27.0. The van der Waals surface area contributed by atoms with Crippen LogP contribution in [0.15, 0.2) is 48.5 Å². The number of benzene rings is 2. The van der Waals surface area contributed by atoms with E-state index in [0.29, 0.717) is 37.8 Å². The fourth-order valence-electron chi connectivity index (χ4n) is 4.73. The van der Waals surface area contributed by atoms with Gasteiger partial charge in [-0.2, -0.15) is 5.26 Å². The molecule has 37 heavy (non-hydrogen) atoms. The average Bonchev–Trinajstić information content (AvgIpc) is 2.84. The zero-order valence-electron chi connectivity index (χ0n) is 22.7. The SMILES string of the molecule is CC(C)c1ccc(CN(CCC2OCC3(CO2)CN(C(=O)OC(C)(C)C)C3)c2ccc(C#N)cc2)cc1. The predicted molar refractivity (Wildman–Crippen MR) is 143 cm³/mol. The number of rotatable bonds is 7. The minimum atomic E-state index is -0.498. The summed E-state index contributed by atoms with van der Waals surface area (Å²) >= 11 is 0. The molecule has 0 atom stereocenters. The number of ether oxygens (including phenoxy) is 3. The lowest BCUT2D eigenvalue weighted by Gasteiger charge is -2.52. The molecule has 2 fully saturated rings. The van der Waals surface area contributed by atoms with Crippen LogP contribution in [0.5, 0.6) is 0 Å². The monoisotopic (exact) mass is 505 g/mol. The Labute approximate surface area is 220 Å². The highest BCUT2D eigenvalue weighted by atomic mass is 16.7. The van der Waals surface area contributed by atoms with Crippen molar-refractivity contribution < 1.29 is 19.0 Å². The van der Waals surface area contributed by atoms with Gasteiger partial charge >= 0.3 is 6.09 Å². The summed E-state index contributed by atoms with van der Waals surface area (Å²) in [5, 5.41) is 9.19. The standard InChI is InChI=1S/C30H39N3O4/c1-22(2)25-10-6-24(7-11-25)17-32(26-12-8-23(16-31)9-13-26)15-14-27-35-20-30(21-36-27)18-33(19-30)28(34)37-29(3,4)5/h6-13,22,27H,14-15,17-21H2,1-5H3. The van der Waals surface area contributed by atoms with Crippen LogP contribution < -0.4 is 4.90 Å². The van der Waals surface area contributed by atoms with E-state index in [1.807, 2.05) is 45.0 Å². The van der Waals surface area contributed by atoms with Gasteiger partial charge in [-0.15, -0.1) is 0 Å². The minimum absolute atomic E-state index is 0.140. The summed E-state index contributed by atoms with van der Waals surface area (Å²) in [7, 11) is 0. The molecule has 0 saturated carbocycles. The Kier molecular flexibility index (Phi) is 8.11. The summed E-state index contributed by atoms with van der Waals surface area (Å²) in [5.41, 5.74) is 3.63. The highest BCUT2D eigenvalue weighted by molar-refractivity contribution is 5.69. The zero-order chi connectivity index (χ0) is 26.6. The maximum atomic E-state index is 12.3. The van der Waals surface area contributed by atoms with Gasteiger partial charge in [-0.3, -0.25) is 0 Å². The summed E-state index contributed by atoms with van der Waals surface area (Å²) in [6.45, 7) is 13.9. The number of carbonyl (C=O) groups is 1. The third-order valence-electron chi connectivity index (χ3n) is 6.87. The molecule has 2 saturated heterocycles. The van der Waals surface area contributed by atoms with E-state index in [-0.39, 0.29) is 17.8 Å². The van der Waals surface area contributed by atoms with Gasteiger partial charge in [-0.1, -0.05) is 38.1 Å². The van der Waals surface area contributed by atoms with Crippen molar-refractivity contribution in [2.45, 2.75) is 65.4 Å². The van der Waals surface area contributed by atoms with E-state index in [4.69, 9.17) is 14.2 Å². The maximum Gasteiger partial charge on any atom is 0.410 e. The normalized spacial score (nSPS) is 17.4. The van der Waals surface area contributed by atoms with Crippen LogP contribution in [0.3, 0.4) is 0 Å².